The van der Waals surface area contributed by atoms with Crippen molar-refractivity contribution in [2.45, 2.75) is 0 Å². The summed E-state index contributed by atoms with van der Waals surface area (Å²) in [7, 11) is 0. The minimum atomic E-state index is -3.86. The van der Waals surface area contributed by atoms with Crippen LogP contribution >= 0.6 is 12.1 Å². The van der Waals surface area contributed by atoms with E-state index in [9.17, 15) is 11.7 Å². The van der Waals surface area contributed by atoms with Gasteiger partial charge in [0.25, 0.3) is 0 Å². The molecule has 0 saturated carbocycles. The molecule has 0 rings (SSSR count). The molecule has 0 N–H and O–H groups in total. The van der Waals surface area contributed by atoms with Crippen LogP contribution in [0.2, 0.25) is 0 Å². The van der Waals surface area contributed by atoms with Crippen molar-refractivity contribution in [1.82, 2.24) is 6.15 Å². The fourth-order valence-corrected chi connectivity index (χ4v) is 0. The number of hydrogen-bond acceptors (Lipinski definition) is 0. The highest BCUT2D eigenvalue weighted by atomic mass is 32.3. The Labute approximate surface area is 31.0 Å². The zero-order chi connectivity index (χ0) is 3.58. The summed E-state index contributed by atoms with van der Waals surface area (Å²) < 4.78 is 29.1. The largest absolute Gasteiger partial charge is 0.324 e. The Morgan fingerprint density at radius 3 is 1.00 bits per heavy atom. The van der Waals surface area contributed by atoms with E-state index < -0.39 is 12.1 Å². The molecular weight excluding hydrogens is 103 g/mol. The number of hydrogen-bond donors (Lipinski definition) is 0. The fourth-order valence-electron chi connectivity index (χ4n) is 0. The van der Waals surface area contributed by atoms with E-state index in [4.69, 9.17) is 0 Å². The molecule has 0 aromatic rings. The first kappa shape index (κ1) is 8.92. The Bertz CT molecular complexity index is 11.6. The molecule has 0 bridgehead atoms. The summed E-state index contributed by atoms with van der Waals surface area (Å²) in [6, 6.07) is 0. The molecule has 0 aliphatic heterocycles. The van der Waals surface area contributed by atoms with Crippen LogP contribution in [0.25, 0.3) is 0 Å². The van der Waals surface area contributed by atoms with E-state index in [1.807, 2.05) is 0 Å². The third-order valence-corrected chi connectivity index (χ3v) is 0. The maximum absolute atomic E-state index is 9.69. The predicted octanol–water partition coefficient (Wildman–Crippen LogP) is 1.43. The van der Waals surface area contributed by atoms with Gasteiger partial charge >= 0.3 is 12.1 Å². The standard InChI is InChI=1S/F3S.N/c1-4(2)3;. The number of rotatable bonds is 0. The van der Waals surface area contributed by atoms with Crippen molar-refractivity contribution in [3.05, 3.63) is 0 Å². The molecule has 0 amide bonds. The van der Waals surface area contributed by atoms with E-state index in [-0.39, 0.29) is 6.15 Å². The van der Waals surface area contributed by atoms with Crippen molar-refractivity contribution in [3.63, 3.8) is 0 Å². The molecule has 5 heavy (non-hydrogen) atoms. The first-order valence-electron chi connectivity index (χ1n) is 0.463. The van der Waals surface area contributed by atoms with E-state index in [2.05, 4.69) is 0 Å². The molecule has 0 fully saturated rings. The number of nitrogens with zero attached hydrogens (tertiary/aromatic N) is 1. The third-order valence-electron chi connectivity index (χ3n) is 0. The molecule has 5 heteroatoms. The molecule has 0 spiro atoms. The summed E-state index contributed by atoms with van der Waals surface area (Å²) in [5.74, 6) is 0. The molecule has 0 aliphatic carbocycles. The van der Waals surface area contributed by atoms with Crippen molar-refractivity contribution in [1.29, 1.82) is 0 Å². The third kappa shape index (κ3) is 1810. The second kappa shape index (κ2) is 4.10. The van der Waals surface area contributed by atoms with Gasteiger partial charge in [0.1, 0.15) is 0 Å². The van der Waals surface area contributed by atoms with Gasteiger partial charge in [0.15, 0.2) is 0 Å². The van der Waals surface area contributed by atoms with Crippen molar-refractivity contribution in [2.75, 3.05) is 0 Å². The van der Waals surface area contributed by atoms with Crippen LogP contribution < -0.4 is 6.15 Å². The average Bonchev–Trinajstić information content (AvgIpc) is 0.811. The fraction of sp³-hybridized carbons (Fsp3) is 0. The van der Waals surface area contributed by atoms with Crippen molar-refractivity contribution >= 4 is 12.1 Å². The summed E-state index contributed by atoms with van der Waals surface area (Å²) in [5.41, 5.74) is 0. The van der Waals surface area contributed by atoms with Gasteiger partial charge in [0.05, 0.1) is 0 Å². The zero-order valence-corrected chi connectivity index (χ0v) is 2.81. The van der Waals surface area contributed by atoms with E-state index >= 15 is 0 Å². The van der Waals surface area contributed by atoms with Crippen LogP contribution in [0.5, 0.6) is 0 Å². The SMILES string of the molecule is F[S](F)F.[N]. The minimum Gasteiger partial charge on any atom is -0.108 e. The molecule has 1 nitrogen and oxygen atoms in total. The van der Waals surface area contributed by atoms with Crippen LogP contribution in [-0.4, -0.2) is 0 Å². The van der Waals surface area contributed by atoms with Crippen molar-refractivity contribution in [3.8, 4) is 0 Å². The summed E-state index contributed by atoms with van der Waals surface area (Å²) in [6.07, 6.45) is 0. The Balaban J connectivity index is 0. The Hall–Kier alpha value is 0.1000. The summed E-state index contributed by atoms with van der Waals surface area (Å²) in [6.45, 7) is 0. The van der Waals surface area contributed by atoms with E-state index in [0.29, 0.717) is 0 Å². The molecule has 0 unspecified atom stereocenters. The van der Waals surface area contributed by atoms with Gasteiger partial charge in [-0.05, 0) is 0 Å². The van der Waals surface area contributed by atoms with E-state index in [1.165, 1.54) is 0 Å². The highest BCUT2D eigenvalue weighted by molar-refractivity contribution is 8.02. The smallest absolute Gasteiger partial charge is 0.108 e. The summed E-state index contributed by atoms with van der Waals surface area (Å²) in [5, 5.41) is 0. The lowest BCUT2D eigenvalue weighted by atomic mass is 14.0. The average molecular weight is 103 g/mol. The molecule has 0 aromatic heterocycles. The molecule has 0 aromatic carbocycles. The summed E-state index contributed by atoms with van der Waals surface area (Å²) >= 11 is -3.86. The number of halogens is 3. The monoisotopic (exact) mass is 103 g/mol. The second-order valence-corrected chi connectivity index (χ2v) is 0.525. The van der Waals surface area contributed by atoms with Crippen LogP contribution in [-0.2, 0) is 0 Å². The van der Waals surface area contributed by atoms with Gasteiger partial charge in [0, 0.05) is 6.15 Å². The second-order valence-electron chi connectivity index (χ2n) is 0.175. The lowest BCUT2D eigenvalue weighted by Crippen LogP contribution is -1.20. The molecule has 0 aliphatic rings. The van der Waals surface area contributed by atoms with Crippen molar-refractivity contribution < 1.29 is 11.7 Å². The van der Waals surface area contributed by atoms with Gasteiger partial charge < -0.3 is 0 Å². The lowest BCUT2D eigenvalue weighted by molar-refractivity contribution is 0.676. The lowest BCUT2D eigenvalue weighted by Gasteiger charge is -1.64. The van der Waals surface area contributed by atoms with Crippen LogP contribution in [0.4, 0.5) is 11.7 Å². The van der Waals surface area contributed by atoms with Crippen LogP contribution in [0, 0.1) is 0 Å². The molecule has 0 heterocycles. The molecule has 0 atom stereocenters. The van der Waals surface area contributed by atoms with Crippen LogP contribution in [0.15, 0.2) is 0 Å². The van der Waals surface area contributed by atoms with Gasteiger partial charge in [-0.3, -0.25) is 0 Å². The molecular formula is F3NS. The quantitative estimate of drug-likeness (QED) is 0.444. The highest BCUT2D eigenvalue weighted by Crippen LogP contribution is 2.27. The minimum absolute atomic E-state index is 0. The Morgan fingerprint density at radius 1 is 1.00 bits per heavy atom. The van der Waals surface area contributed by atoms with Gasteiger partial charge in [0.2, 0.25) is 0 Å². The first-order chi connectivity index (χ1) is 1.73. The maximum atomic E-state index is 9.69. The highest BCUT2D eigenvalue weighted by Gasteiger charge is 1.85. The molecule has 4 radical (unpaired) electrons. The van der Waals surface area contributed by atoms with Crippen LogP contribution in [0.3, 0.4) is 0 Å². The van der Waals surface area contributed by atoms with E-state index in [1.54, 1.807) is 0 Å². The molecule has 0 saturated heterocycles. The first-order valence-corrected chi connectivity index (χ1v) is 1.39. The molecule has 32 valence electrons. The van der Waals surface area contributed by atoms with Crippen LogP contribution in [0.1, 0.15) is 0 Å². The predicted molar refractivity (Wildman–Crippen MR) is 13.0 cm³/mol. The normalized spacial score (nSPS) is 7.20. The zero-order valence-electron chi connectivity index (χ0n) is 1.99. The Morgan fingerprint density at radius 2 is 1.00 bits per heavy atom. The Kier molecular flexibility index (Phi) is 7.32. The van der Waals surface area contributed by atoms with Gasteiger partial charge in [-0.2, -0.15) is 0 Å². The van der Waals surface area contributed by atoms with Gasteiger partial charge in [-0.25, -0.2) is 0 Å². The maximum Gasteiger partial charge on any atom is 0.324 e. The van der Waals surface area contributed by atoms with Gasteiger partial charge in [-0.1, -0.05) is 0 Å². The van der Waals surface area contributed by atoms with Gasteiger partial charge in [-0.15, -0.1) is 11.7 Å². The van der Waals surface area contributed by atoms with E-state index in [0.717, 1.165) is 0 Å². The summed E-state index contributed by atoms with van der Waals surface area (Å²) in [4.78, 5) is 0. The topological polar surface area (TPSA) is 30.5 Å². The van der Waals surface area contributed by atoms with Crippen molar-refractivity contribution in [2.24, 2.45) is 0 Å².